The van der Waals surface area contributed by atoms with Crippen LogP contribution in [0.5, 0.6) is 0 Å². The number of amides is 1. The van der Waals surface area contributed by atoms with E-state index in [0.717, 1.165) is 36.6 Å². The fourth-order valence-electron chi connectivity index (χ4n) is 2.70. The number of halogens is 3. The van der Waals surface area contributed by atoms with Gasteiger partial charge in [0.05, 0.1) is 5.56 Å². The highest BCUT2D eigenvalue weighted by Crippen LogP contribution is 2.30. The van der Waals surface area contributed by atoms with E-state index in [1.165, 1.54) is 12.1 Å². The Morgan fingerprint density at radius 1 is 1.00 bits per heavy atom. The van der Waals surface area contributed by atoms with Crippen molar-refractivity contribution in [3.63, 3.8) is 0 Å². The largest absolute Gasteiger partial charge is 0.416 e. The number of rotatable bonds is 8. The maximum absolute atomic E-state index is 12.7. The molecule has 0 atom stereocenters. The smallest absolute Gasteiger partial charge is 0.385 e. The molecule has 0 aliphatic carbocycles. The van der Waals surface area contributed by atoms with Gasteiger partial charge in [-0.05, 0) is 56.3 Å². The van der Waals surface area contributed by atoms with Crippen molar-refractivity contribution in [2.45, 2.75) is 26.4 Å². The van der Waals surface area contributed by atoms with E-state index < -0.39 is 11.7 Å². The number of alkyl halides is 3. The summed E-state index contributed by atoms with van der Waals surface area (Å²) in [4.78, 5) is 14.2. The molecule has 0 heterocycles. The van der Waals surface area contributed by atoms with E-state index in [0.29, 0.717) is 6.54 Å². The molecule has 0 saturated heterocycles. The van der Waals surface area contributed by atoms with Crippen LogP contribution >= 0.6 is 0 Å². The first-order chi connectivity index (χ1) is 12.8. The molecule has 0 fully saturated rings. The molecule has 146 valence electrons. The number of nitrogens with one attached hydrogen (secondary N) is 2. The van der Waals surface area contributed by atoms with Crippen LogP contribution in [0.4, 0.5) is 30.2 Å². The molecule has 0 bridgehead atoms. The summed E-state index contributed by atoms with van der Waals surface area (Å²) in [6.07, 6.45) is -4.28. The summed E-state index contributed by atoms with van der Waals surface area (Å²) in [6, 6.07) is 12.5. The Morgan fingerprint density at radius 2 is 1.67 bits per heavy atom. The first-order valence-corrected chi connectivity index (χ1v) is 8.89. The second kappa shape index (κ2) is 9.30. The van der Waals surface area contributed by atoms with Gasteiger partial charge in [0.2, 0.25) is 5.91 Å². The summed E-state index contributed by atoms with van der Waals surface area (Å²) in [6.45, 7) is 6.44. The Balaban J connectivity index is 1.83. The van der Waals surface area contributed by atoms with Crippen molar-refractivity contribution < 1.29 is 18.0 Å². The minimum Gasteiger partial charge on any atom is -0.385 e. The summed E-state index contributed by atoms with van der Waals surface area (Å²) >= 11 is 0. The summed E-state index contributed by atoms with van der Waals surface area (Å²) in [5.41, 5.74) is 1.37. The highest BCUT2D eigenvalue weighted by Gasteiger charge is 2.30. The SMILES string of the molecule is CCN(CC)c1ccc(NCCC(=O)Nc2cccc(C(F)(F)F)c2)cc1. The van der Waals surface area contributed by atoms with E-state index in [4.69, 9.17) is 0 Å². The average molecular weight is 379 g/mol. The molecule has 2 rings (SSSR count). The first-order valence-electron chi connectivity index (χ1n) is 8.89. The predicted molar refractivity (Wildman–Crippen MR) is 103 cm³/mol. The maximum atomic E-state index is 12.7. The molecule has 7 heteroatoms. The Morgan fingerprint density at radius 3 is 2.26 bits per heavy atom. The Kier molecular flexibility index (Phi) is 7.10. The molecule has 0 saturated carbocycles. The van der Waals surface area contributed by atoms with Crippen LogP contribution < -0.4 is 15.5 Å². The fourth-order valence-corrected chi connectivity index (χ4v) is 2.70. The number of anilines is 3. The molecular weight excluding hydrogens is 355 g/mol. The van der Waals surface area contributed by atoms with E-state index in [2.05, 4.69) is 29.4 Å². The van der Waals surface area contributed by atoms with Gasteiger partial charge < -0.3 is 15.5 Å². The Labute approximate surface area is 157 Å². The van der Waals surface area contributed by atoms with Gasteiger partial charge >= 0.3 is 6.18 Å². The summed E-state index contributed by atoms with van der Waals surface area (Å²) in [5.74, 6) is -0.346. The van der Waals surface area contributed by atoms with Crippen LogP contribution in [0.25, 0.3) is 0 Å². The van der Waals surface area contributed by atoms with Crippen LogP contribution in [-0.2, 0) is 11.0 Å². The van der Waals surface area contributed by atoms with Gasteiger partial charge in [0.15, 0.2) is 0 Å². The summed E-state index contributed by atoms with van der Waals surface area (Å²) in [7, 11) is 0. The normalized spacial score (nSPS) is 11.1. The monoisotopic (exact) mass is 379 g/mol. The van der Waals surface area contributed by atoms with Crippen molar-refractivity contribution in [2.75, 3.05) is 35.2 Å². The third kappa shape index (κ3) is 6.20. The minimum atomic E-state index is -4.43. The average Bonchev–Trinajstić information content (AvgIpc) is 2.63. The third-order valence-corrected chi connectivity index (χ3v) is 4.15. The quantitative estimate of drug-likeness (QED) is 0.679. The van der Waals surface area contributed by atoms with Crippen molar-refractivity contribution in [2.24, 2.45) is 0 Å². The van der Waals surface area contributed by atoms with Crippen molar-refractivity contribution in [3.8, 4) is 0 Å². The molecule has 4 nitrogen and oxygen atoms in total. The number of benzene rings is 2. The summed E-state index contributed by atoms with van der Waals surface area (Å²) < 4.78 is 38.1. The zero-order valence-electron chi connectivity index (χ0n) is 15.4. The molecule has 0 spiro atoms. The van der Waals surface area contributed by atoms with E-state index in [1.54, 1.807) is 0 Å². The van der Waals surface area contributed by atoms with Crippen molar-refractivity contribution in [3.05, 3.63) is 54.1 Å². The molecule has 0 aromatic heterocycles. The van der Waals surface area contributed by atoms with Crippen molar-refractivity contribution in [1.29, 1.82) is 0 Å². The molecule has 0 unspecified atom stereocenters. The first kappa shape index (κ1) is 20.6. The lowest BCUT2D eigenvalue weighted by Crippen LogP contribution is -2.21. The third-order valence-electron chi connectivity index (χ3n) is 4.15. The molecule has 2 N–H and O–H groups in total. The maximum Gasteiger partial charge on any atom is 0.416 e. The van der Waals surface area contributed by atoms with Gasteiger partial charge in [-0.25, -0.2) is 0 Å². The van der Waals surface area contributed by atoms with Crippen molar-refractivity contribution >= 4 is 23.0 Å². The molecule has 27 heavy (non-hydrogen) atoms. The van der Waals surface area contributed by atoms with Crippen LogP contribution in [0.15, 0.2) is 48.5 Å². The molecule has 2 aromatic rings. The van der Waals surface area contributed by atoms with Crippen LogP contribution in [0.2, 0.25) is 0 Å². The van der Waals surface area contributed by atoms with Gasteiger partial charge in [-0.1, -0.05) is 6.07 Å². The number of carbonyl (C=O) groups is 1. The van der Waals surface area contributed by atoms with Crippen molar-refractivity contribution in [1.82, 2.24) is 0 Å². The van der Waals surface area contributed by atoms with Gasteiger partial charge in [0, 0.05) is 43.1 Å². The van der Waals surface area contributed by atoms with E-state index >= 15 is 0 Å². The van der Waals surface area contributed by atoms with Crippen LogP contribution in [-0.4, -0.2) is 25.5 Å². The second-order valence-corrected chi connectivity index (χ2v) is 6.02. The van der Waals surface area contributed by atoms with Gasteiger partial charge in [0.25, 0.3) is 0 Å². The fraction of sp³-hybridized carbons (Fsp3) is 0.350. The van der Waals surface area contributed by atoms with Crippen LogP contribution in [0.1, 0.15) is 25.8 Å². The highest BCUT2D eigenvalue weighted by atomic mass is 19.4. The van der Waals surface area contributed by atoms with Gasteiger partial charge in [-0.2, -0.15) is 13.2 Å². The number of carbonyl (C=O) groups excluding carboxylic acids is 1. The molecule has 0 aliphatic heterocycles. The van der Waals surface area contributed by atoms with Gasteiger partial charge in [-0.15, -0.1) is 0 Å². The van der Waals surface area contributed by atoms with Crippen LogP contribution in [0.3, 0.4) is 0 Å². The van der Waals surface area contributed by atoms with E-state index in [9.17, 15) is 18.0 Å². The summed E-state index contributed by atoms with van der Waals surface area (Å²) in [5, 5.41) is 5.63. The highest BCUT2D eigenvalue weighted by molar-refractivity contribution is 5.91. The Hall–Kier alpha value is -2.70. The molecule has 0 aliphatic rings. The predicted octanol–water partition coefficient (Wildman–Crippen LogP) is 4.99. The van der Waals surface area contributed by atoms with Gasteiger partial charge in [0.1, 0.15) is 0 Å². The second-order valence-electron chi connectivity index (χ2n) is 6.02. The molecule has 0 radical (unpaired) electrons. The lowest BCUT2D eigenvalue weighted by Gasteiger charge is -2.21. The molecular formula is C20H24F3N3O. The standard InChI is InChI=1S/C20H24F3N3O/c1-3-26(4-2)18-10-8-16(9-11-18)24-13-12-19(27)25-17-7-5-6-15(14-17)20(21,22)23/h5-11,14,24H,3-4,12-13H2,1-2H3,(H,25,27). The number of hydrogen-bond acceptors (Lipinski definition) is 3. The zero-order valence-corrected chi connectivity index (χ0v) is 15.4. The lowest BCUT2D eigenvalue weighted by molar-refractivity contribution is -0.137. The Bertz CT molecular complexity index is 741. The van der Waals surface area contributed by atoms with Crippen LogP contribution in [0, 0.1) is 0 Å². The molecule has 2 aromatic carbocycles. The number of hydrogen-bond donors (Lipinski definition) is 2. The zero-order chi connectivity index (χ0) is 19.9. The number of nitrogens with zero attached hydrogens (tertiary/aromatic N) is 1. The minimum absolute atomic E-state index is 0.137. The van der Waals surface area contributed by atoms with E-state index in [-0.39, 0.29) is 18.0 Å². The van der Waals surface area contributed by atoms with Gasteiger partial charge in [-0.3, -0.25) is 4.79 Å². The topological polar surface area (TPSA) is 44.4 Å². The molecule has 1 amide bonds. The van der Waals surface area contributed by atoms with E-state index in [1.807, 2.05) is 24.3 Å². The lowest BCUT2D eigenvalue weighted by atomic mass is 10.2.